The summed E-state index contributed by atoms with van der Waals surface area (Å²) in [5.74, 6) is 1.13. The van der Waals surface area contributed by atoms with E-state index in [2.05, 4.69) is 36.2 Å². The molecule has 1 aromatic heterocycles. The maximum Gasteiger partial charge on any atom is 0.119 e. The normalized spacial score (nSPS) is 10.9. The summed E-state index contributed by atoms with van der Waals surface area (Å²) in [5.41, 5.74) is 5.46. The number of aryl methyl sites for hydroxylation is 1. The lowest BCUT2D eigenvalue weighted by Crippen LogP contribution is -1.94. The predicted octanol–water partition coefficient (Wildman–Crippen LogP) is 5.43. The number of fused-ring (bicyclic) bond motifs is 1. The van der Waals surface area contributed by atoms with Crippen molar-refractivity contribution in [1.82, 2.24) is 4.98 Å². The van der Waals surface area contributed by atoms with Crippen molar-refractivity contribution in [3.63, 3.8) is 0 Å². The molecule has 0 spiro atoms. The van der Waals surface area contributed by atoms with E-state index in [1.165, 1.54) is 0 Å². The molecule has 25 heavy (non-hydrogen) atoms. The van der Waals surface area contributed by atoms with Crippen LogP contribution in [0.4, 0.5) is 0 Å². The van der Waals surface area contributed by atoms with Crippen molar-refractivity contribution in [2.45, 2.75) is 13.5 Å². The second-order valence-corrected chi connectivity index (χ2v) is 6.15. The lowest BCUT2D eigenvalue weighted by molar-refractivity contribution is 0.306. The lowest BCUT2D eigenvalue weighted by Gasteiger charge is -2.07. The number of rotatable bonds is 4. The fraction of sp³-hybridized carbons (Fsp3) is 0.0909. The number of H-pyrrole nitrogens is 1. The molecule has 3 heteroatoms. The monoisotopic (exact) mass is 329 g/mol. The second-order valence-electron chi connectivity index (χ2n) is 6.15. The topological polar surface area (TPSA) is 45.2 Å². The van der Waals surface area contributed by atoms with E-state index in [1.54, 1.807) is 12.1 Å². The Morgan fingerprint density at radius 3 is 2.44 bits per heavy atom. The SMILES string of the molecule is Cc1c(-c2ccc(OCc3ccccc3)cc2)[nH]c2ccc(O)cc12. The molecule has 4 rings (SSSR count). The highest BCUT2D eigenvalue weighted by atomic mass is 16.5. The average Bonchev–Trinajstić information content (AvgIpc) is 2.98. The molecule has 3 aromatic carbocycles. The minimum atomic E-state index is 0.283. The van der Waals surface area contributed by atoms with E-state index >= 15 is 0 Å². The predicted molar refractivity (Wildman–Crippen MR) is 101 cm³/mol. The Morgan fingerprint density at radius 1 is 0.920 bits per heavy atom. The molecule has 0 unspecified atom stereocenters. The summed E-state index contributed by atoms with van der Waals surface area (Å²) in [6, 6.07) is 23.6. The molecule has 0 aliphatic carbocycles. The first-order valence-corrected chi connectivity index (χ1v) is 8.29. The minimum Gasteiger partial charge on any atom is -0.508 e. The van der Waals surface area contributed by atoms with Crippen molar-refractivity contribution in [3.05, 3.63) is 83.9 Å². The van der Waals surface area contributed by atoms with Crippen LogP contribution in [0.25, 0.3) is 22.2 Å². The fourth-order valence-electron chi connectivity index (χ4n) is 3.06. The summed E-state index contributed by atoms with van der Waals surface area (Å²) >= 11 is 0. The van der Waals surface area contributed by atoms with Crippen molar-refractivity contribution < 1.29 is 9.84 Å². The standard InChI is InChI=1S/C22H19NO2/c1-15-20-13-18(24)9-12-21(20)23-22(15)17-7-10-19(11-8-17)25-14-16-5-3-2-4-6-16/h2-13,23-24H,14H2,1H3. The first kappa shape index (κ1) is 15.3. The zero-order valence-electron chi connectivity index (χ0n) is 14.0. The highest BCUT2D eigenvalue weighted by Gasteiger charge is 2.10. The number of phenols is 1. The number of nitrogens with one attached hydrogen (secondary N) is 1. The van der Waals surface area contributed by atoms with E-state index in [0.717, 1.165) is 39.0 Å². The van der Waals surface area contributed by atoms with Gasteiger partial charge in [0.05, 0.1) is 0 Å². The van der Waals surface area contributed by atoms with Crippen molar-refractivity contribution in [2.75, 3.05) is 0 Å². The van der Waals surface area contributed by atoms with Gasteiger partial charge in [-0.1, -0.05) is 30.3 Å². The Labute approximate surface area is 146 Å². The molecule has 0 aliphatic heterocycles. The third kappa shape index (κ3) is 3.09. The molecule has 3 nitrogen and oxygen atoms in total. The third-order valence-electron chi connectivity index (χ3n) is 4.43. The number of hydrogen-bond donors (Lipinski definition) is 2. The van der Waals surface area contributed by atoms with Crippen LogP contribution in [0.15, 0.2) is 72.8 Å². The van der Waals surface area contributed by atoms with Crippen LogP contribution in [-0.2, 0) is 6.61 Å². The van der Waals surface area contributed by atoms with Gasteiger partial charge in [-0.2, -0.15) is 0 Å². The number of benzene rings is 3. The zero-order chi connectivity index (χ0) is 17.2. The smallest absolute Gasteiger partial charge is 0.119 e. The molecule has 0 atom stereocenters. The molecule has 0 bridgehead atoms. The van der Waals surface area contributed by atoms with Crippen molar-refractivity contribution in [1.29, 1.82) is 0 Å². The van der Waals surface area contributed by atoms with Crippen LogP contribution in [0.3, 0.4) is 0 Å². The molecule has 2 N–H and O–H groups in total. The Hall–Kier alpha value is -3.20. The van der Waals surface area contributed by atoms with E-state index in [4.69, 9.17) is 4.74 Å². The van der Waals surface area contributed by atoms with E-state index in [0.29, 0.717) is 6.61 Å². The van der Waals surface area contributed by atoms with Gasteiger partial charge in [0.2, 0.25) is 0 Å². The average molecular weight is 329 g/mol. The molecule has 0 radical (unpaired) electrons. The van der Waals surface area contributed by atoms with Crippen molar-refractivity contribution in [2.24, 2.45) is 0 Å². The molecular formula is C22H19NO2. The van der Waals surface area contributed by atoms with Gasteiger partial charge in [0.25, 0.3) is 0 Å². The van der Waals surface area contributed by atoms with E-state index in [9.17, 15) is 5.11 Å². The number of aromatic hydroxyl groups is 1. The van der Waals surface area contributed by atoms with Crippen LogP contribution < -0.4 is 4.74 Å². The van der Waals surface area contributed by atoms with Crippen LogP contribution >= 0.6 is 0 Å². The van der Waals surface area contributed by atoms with Crippen LogP contribution in [0.5, 0.6) is 11.5 Å². The summed E-state index contributed by atoms with van der Waals surface area (Å²) in [6.45, 7) is 2.62. The van der Waals surface area contributed by atoms with Crippen molar-refractivity contribution in [3.8, 4) is 22.8 Å². The Kier molecular flexibility index (Phi) is 3.90. The van der Waals surface area contributed by atoms with Gasteiger partial charge >= 0.3 is 0 Å². The molecular weight excluding hydrogens is 310 g/mol. The van der Waals surface area contributed by atoms with E-state index in [1.807, 2.05) is 36.4 Å². The van der Waals surface area contributed by atoms with E-state index < -0.39 is 0 Å². The van der Waals surface area contributed by atoms with Crippen LogP contribution in [0.1, 0.15) is 11.1 Å². The van der Waals surface area contributed by atoms with E-state index in [-0.39, 0.29) is 5.75 Å². The van der Waals surface area contributed by atoms with Crippen LogP contribution in [0, 0.1) is 6.92 Å². The maximum absolute atomic E-state index is 9.69. The first-order chi connectivity index (χ1) is 12.2. The van der Waals surface area contributed by atoms with Gasteiger partial charge < -0.3 is 14.8 Å². The number of aromatic nitrogens is 1. The van der Waals surface area contributed by atoms with Gasteiger partial charge in [-0.25, -0.2) is 0 Å². The summed E-state index contributed by atoms with van der Waals surface area (Å²) in [4.78, 5) is 3.43. The fourth-order valence-corrected chi connectivity index (χ4v) is 3.06. The quantitative estimate of drug-likeness (QED) is 0.524. The Balaban J connectivity index is 1.57. The zero-order valence-corrected chi connectivity index (χ0v) is 14.0. The number of ether oxygens (including phenoxy) is 1. The number of hydrogen-bond acceptors (Lipinski definition) is 2. The van der Waals surface area contributed by atoms with Gasteiger partial charge in [0.15, 0.2) is 0 Å². The molecule has 4 aromatic rings. The lowest BCUT2D eigenvalue weighted by atomic mass is 10.1. The molecule has 0 amide bonds. The molecule has 1 heterocycles. The Morgan fingerprint density at radius 2 is 1.68 bits per heavy atom. The van der Waals surface area contributed by atoms with Crippen molar-refractivity contribution >= 4 is 10.9 Å². The molecule has 0 saturated heterocycles. The summed E-state index contributed by atoms with van der Waals surface area (Å²) in [6.07, 6.45) is 0. The molecule has 0 aliphatic rings. The second kappa shape index (κ2) is 6.36. The van der Waals surface area contributed by atoms with Crippen LogP contribution in [0.2, 0.25) is 0 Å². The molecule has 0 fully saturated rings. The van der Waals surface area contributed by atoms with Gasteiger partial charge in [-0.3, -0.25) is 0 Å². The highest BCUT2D eigenvalue weighted by Crippen LogP contribution is 2.32. The van der Waals surface area contributed by atoms with Gasteiger partial charge in [-0.15, -0.1) is 0 Å². The van der Waals surface area contributed by atoms with Gasteiger partial charge in [0.1, 0.15) is 18.1 Å². The summed E-state index contributed by atoms with van der Waals surface area (Å²) in [7, 11) is 0. The number of aromatic amines is 1. The Bertz CT molecular complexity index is 1000. The third-order valence-corrected chi connectivity index (χ3v) is 4.43. The maximum atomic E-state index is 9.69. The molecule has 124 valence electrons. The van der Waals surface area contributed by atoms with Crippen LogP contribution in [-0.4, -0.2) is 10.1 Å². The highest BCUT2D eigenvalue weighted by molar-refractivity contribution is 5.91. The first-order valence-electron chi connectivity index (χ1n) is 8.29. The summed E-state index contributed by atoms with van der Waals surface area (Å²) < 4.78 is 5.84. The summed E-state index contributed by atoms with van der Waals surface area (Å²) in [5, 5.41) is 10.7. The molecule has 0 saturated carbocycles. The largest absolute Gasteiger partial charge is 0.508 e. The van der Waals surface area contributed by atoms with Gasteiger partial charge in [0, 0.05) is 16.6 Å². The van der Waals surface area contributed by atoms with Gasteiger partial charge in [-0.05, 0) is 66.1 Å². The minimum absolute atomic E-state index is 0.283. The number of phenolic OH excluding ortho intramolecular Hbond substituents is 1.